The molecule has 22 heteroatoms. The molecular formula is C41H48N6O14S2. The first-order chi connectivity index (χ1) is 30.2. The summed E-state index contributed by atoms with van der Waals surface area (Å²) in [6.45, 7) is 9.35. The summed E-state index contributed by atoms with van der Waals surface area (Å²) in [4.78, 5) is 70.2. The van der Waals surface area contributed by atoms with E-state index in [-0.39, 0.29) is 114 Å². The molecule has 0 aliphatic carbocycles. The van der Waals surface area contributed by atoms with E-state index in [1.165, 1.54) is 77.4 Å². The third kappa shape index (κ3) is 12.2. The van der Waals surface area contributed by atoms with Crippen LogP contribution in [0.5, 0.6) is 23.0 Å². The molecule has 5 rings (SSSR count). The van der Waals surface area contributed by atoms with E-state index in [1.54, 1.807) is 6.92 Å². The molecule has 3 atom stereocenters. The molecule has 4 amide bonds. The minimum atomic E-state index is -1.42. The number of nitro groups is 1. The number of aromatic nitrogens is 1. The van der Waals surface area contributed by atoms with Gasteiger partial charge in [0, 0.05) is 49.2 Å². The van der Waals surface area contributed by atoms with Gasteiger partial charge in [-0.2, -0.15) is 0 Å². The second-order valence-corrected chi connectivity index (χ2v) is 17.0. The Morgan fingerprint density at radius 3 is 1.89 bits per heavy atom. The number of nitrogens with zero attached hydrogens (tertiary/aromatic N) is 4. The molecule has 5 N–H and O–H groups in total. The number of carbonyl (C=O) groups is 4. The fourth-order valence-electron chi connectivity index (χ4n) is 6.71. The van der Waals surface area contributed by atoms with Crippen LogP contribution >= 0.6 is 21.6 Å². The normalized spacial score (nSPS) is 16.3. The quantitative estimate of drug-likeness (QED) is 0.0293. The zero-order valence-electron chi connectivity index (χ0n) is 34.7. The predicted molar refractivity (Wildman–Crippen MR) is 233 cm³/mol. The van der Waals surface area contributed by atoms with Gasteiger partial charge in [-0.3, -0.25) is 30.3 Å². The van der Waals surface area contributed by atoms with Crippen LogP contribution in [0.1, 0.15) is 46.9 Å². The lowest BCUT2D eigenvalue weighted by Crippen LogP contribution is -2.38. The third-order valence-corrected chi connectivity index (χ3v) is 12.5. The Balaban J connectivity index is 1.28. The third-order valence-electron chi connectivity index (χ3n) is 9.70. The molecule has 0 bridgehead atoms. The van der Waals surface area contributed by atoms with E-state index in [9.17, 15) is 44.6 Å². The number of nitrogens with one attached hydrogen (secondary N) is 2. The van der Waals surface area contributed by atoms with Gasteiger partial charge in [-0.15, -0.1) is 0 Å². The zero-order valence-corrected chi connectivity index (χ0v) is 36.3. The highest BCUT2D eigenvalue weighted by atomic mass is 33.1. The Morgan fingerprint density at radius 1 is 0.889 bits per heavy atom. The zero-order chi connectivity index (χ0) is 45.8. The van der Waals surface area contributed by atoms with Crippen molar-refractivity contribution in [2.45, 2.75) is 48.5 Å². The summed E-state index contributed by atoms with van der Waals surface area (Å²) in [6, 6.07) is 7.25. The summed E-state index contributed by atoms with van der Waals surface area (Å²) in [7, 11) is 5.02. The molecule has 338 valence electrons. The van der Waals surface area contributed by atoms with E-state index in [1.807, 2.05) is 0 Å². The molecule has 0 radical (unpaired) electrons. The number of rotatable bonds is 20. The smallest absolute Gasteiger partial charge is 0.411 e. The number of aliphatic hydroxyl groups excluding tert-OH is 2. The van der Waals surface area contributed by atoms with Crippen molar-refractivity contribution in [1.82, 2.24) is 14.8 Å². The van der Waals surface area contributed by atoms with Crippen molar-refractivity contribution in [3.63, 3.8) is 0 Å². The predicted octanol–water partition coefficient (Wildman–Crippen LogP) is 5.85. The second kappa shape index (κ2) is 22.2. The van der Waals surface area contributed by atoms with Gasteiger partial charge in [-0.1, -0.05) is 35.1 Å². The van der Waals surface area contributed by atoms with Crippen molar-refractivity contribution < 1.29 is 63.1 Å². The first kappa shape index (κ1) is 47.8. The average molecular weight is 913 g/mol. The van der Waals surface area contributed by atoms with Gasteiger partial charge in [0.2, 0.25) is 0 Å². The number of carboxylic acid groups (broad SMARTS) is 1. The summed E-state index contributed by atoms with van der Waals surface area (Å²) >= 11 is 0. The number of amides is 4. The number of hydrogen-bond donors (Lipinski definition) is 5. The SMILES string of the molecule is C=C1C[C@@H](CO)N(C(=O)c2cc(OC)c(OCCCOc3cc(NC(=O)OCC(C)SSc4ncccc4[N+](=O)[O-])c(C(=O)N4CC(=C)C[C@H]4CO)cc3OC)cc2NC(=O)O)C1. The number of benzene rings is 2. The summed E-state index contributed by atoms with van der Waals surface area (Å²) in [5, 5.41) is 45.5. The van der Waals surface area contributed by atoms with Crippen molar-refractivity contribution in [3.05, 3.63) is 88.1 Å². The highest BCUT2D eigenvalue weighted by Crippen LogP contribution is 2.40. The summed E-state index contributed by atoms with van der Waals surface area (Å²) in [6.07, 6.45) is 0.173. The van der Waals surface area contributed by atoms with Gasteiger partial charge in [0.15, 0.2) is 28.0 Å². The Kier molecular flexibility index (Phi) is 16.9. The van der Waals surface area contributed by atoms with Crippen LogP contribution in [-0.4, -0.2) is 137 Å². The van der Waals surface area contributed by atoms with Gasteiger partial charge in [-0.25, -0.2) is 14.6 Å². The van der Waals surface area contributed by atoms with E-state index in [0.29, 0.717) is 12.8 Å². The highest BCUT2D eigenvalue weighted by Gasteiger charge is 2.35. The number of aliphatic hydroxyl groups is 2. The molecule has 2 aromatic carbocycles. The van der Waals surface area contributed by atoms with E-state index in [4.69, 9.17) is 23.7 Å². The second-order valence-electron chi connectivity index (χ2n) is 14.3. The Hall–Kier alpha value is -6.23. The molecule has 63 heavy (non-hydrogen) atoms. The molecule has 0 saturated carbocycles. The number of hydrogen-bond acceptors (Lipinski definition) is 16. The summed E-state index contributed by atoms with van der Waals surface area (Å²) < 4.78 is 28.5. The van der Waals surface area contributed by atoms with Crippen molar-refractivity contribution >= 4 is 62.7 Å². The molecule has 3 aromatic rings. The van der Waals surface area contributed by atoms with Gasteiger partial charge < -0.3 is 48.8 Å². The molecule has 20 nitrogen and oxygen atoms in total. The number of pyridine rings is 1. The molecule has 3 heterocycles. The maximum Gasteiger partial charge on any atom is 0.411 e. The van der Waals surface area contributed by atoms with E-state index in [0.717, 1.165) is 21.9 Å². The first-order valence-corrected chi connectivity index (χ1v) is 21.6. The Bertz CT molecular complexity index is 2230. The number of ether oxygens (including phenoxy) is 5. The minimum Gasteiger partial charge on any atom is -0.493 e. The number of carbonyl (C=O) groups excluding carboxylic acids is 3. The highest BCUT2D eigenvalue weighted by molar-refractivity contribution is 8.77. The Labute approximate surface area is 370 Å². The summed E-state index contributed by atoms with van der Waals surface area (Å²) in [5.74, 6) is -0.479. The van der Waals surface area contributed by atoms with Crippen molar-refractivity contribution in [2.24, 2.45) is 0 Å². The van der Waals surface area contributed by atoms with Crippen molar-refractivity contribution in [2.75, 3.05) is 71.0 Å². The topological polar surface area (TPSA) is 262 Å². The number of likely N-dealkylation sites (tertiary alicyclic amines) is 2. The molecule has 1 unspecified atom stereocenters. The van der Waals surface area contributed by atoms with Gasteiger partial charge in [-0.05, 0) is 48.8 Å². The Morgan fingerprint density at radius 2 is 1.41 bits per heavy atom. The van der Waals surface area contributed by atoms with Crippen LogP contribution in [0.2, 0.25) is 0 Å². The van der Waals surface area contributed by atoms with Crippen LogP contribution in [-0.2, 0) is 4.74 Å². The van der Waals surface area contributed by atoms with Crippen LogP contribution in [0.15, 0.2) is 71.9 Å². The number of methoxy groups -OCH3 is 2. The van der Waals surface area contributed by atoms with Crippen LogP contribution < -0.4 is 29.6 Å². The molecular weight excluding hydrogens is 865 g/mol. The molecule has 2 aliphatic heterocycles. The largest absolute Gasteiger partial charge is 0.493 e. The molecule has 2 aliphatic rings. The molecule has 0 spiro atoms. The van der Waals surface area contributed by atoms with E-state index in [2.05, 4.69) is 28.8 Å². The van der Waals surface area contributed by atoms with E-state index < -0.39 is 41.0 Å². The monoisotopic (exact) mass is 912 g/mol. The molecule has 2 fully saturated rings. The van der Waals surface area contributed by atoms with Crippen LogP contribution in [0, 0.1) is 10.1 Å². The van der Waals surface area contributed by atoms with Crippen LogP contribution in [0.4, 0.5) is 26.7 Å². The lowest BCUT2D eigenvalue weighted by atomic mass is 10.1. The van der Waals surface area contributed by atoms with Crippen LogP contribution in [0.25, 0.3) is 0 Å². The maximum atomic E-state index is 14.0. The molecule has 1 aromatic heterocycles. The van der Waals surface area contributed by atoms with Gasteiger partial charge in [0.1, 0.15) is 6.61 Å². The fraction of sp³-hybridized carbons (Fsp3) is 0.390. The van der Waals surface area contributed by atoms with Gasteiger partial charge >= 0.3 is 17.9 Å². The lowest BCUT2D eigenvalue weighted by molar-refractivity contribution is -0.388. The van der Waals surface area contributed by atoms with Crippen molar-refractivity contribution in [1.29, 1.82) is 0 Å². The number of anilines is 2. The van der Waals surface area contributed by atoms with Crippen LogP contribution in [0.3, 0.4) is 0 Å². The first-order valence-electron chi connectivity index (χ1n) is 19.4. The maximum absolute atomic E-state index is 14.0. The average Bonchev–Trinajstić information content (AvgIpc) is 3.85. The lowest BCUT2D eigenvalue weighted by Gasteiger charge is -2.25. The standard InChI is InChI=1S/C41H48N6O14S2/c1-23-12-26(20-48)45(18-23)38(50)28-14-33(57-4)35(16-30(28)43-40(52)53)59-10-7-11-60-36-17-31(29(15-34(36)58-5)39(51)46-19-24(2)13-27(46)21-49)44-41(54)61-22-25(3)62-63-37-32(47(55)56)8-6-9-42-37/h6,8-9,14-17,25-27,43,48-49H,1-2,7,10-13,18-22H2,3-5H3,(H,44,54)(H,52,53)/t25?,26-,27-/m0/s1. The van der Waals surface area contributed by atoms with E-state index >= 15 is 0 Å². The summed E-state index contributed by atoms with van der Waals surface area (Å²) in [5.41, 5.74) is 1.31. The van der Waals surface area contributed by atoms with Gasteiger partial charge in [0.05, 0.1) is 80.2 Å². The minimum absolute atomic E-state index is 0.0109. The fourth-order valence-corrected chi connectivity index (χ4v) is 8.74. The van der Waals surface area contributed by atoms with Gasteiger partial charge in [0.25, 0.3) is 11.8 Å². The molecule has 2 saturated heterocycles. The van der Waals surface area contributed by atoms with Crippen molar-refractivity contribution in [3.8, 4) is 23.0 Å².